The fraction of sp³-hybridized carbons (Fsp3) is 0.267. The summed E-state index contributed by atoms with van der Waals surface area (Å²) in [5, 5.41) is 10.8. The number of aromatic amines is 1. The number of amides is 1. The number of hydrogen-bond donors (Lipinski definition) is 2. The van der Waals surface area contributed by atoms with Crippen molar-refractivity contribution in [3.8, 4) is 22.4 Å². The van der Waals surface area contributed by atoms with E-state index in [1.165, 1.54) is 11.1 Å². The van der Waals surface area contributed by atoms with E-state index in [4.69, 9.17) is 0 Å². The molecule has 6 rings (SSSR count). The molecule has 1 saturated heterocycles. The number of carbonyl (C=O) groups is 1. The van der Waals surface area contributed by atoms with Gasteiger partial charge in [0.05, 0.1) is 16.9 Å². The van der Waals surface area contributed by atoms with Crippen molar-refractivity contribution in [2.45, 2.75) is 12.7 Å². The zero-order chi connectivity index (χ0) is 25.4. The molecular weight excluding hydrogens is 460 g/mol. The maximum atomic E-state index is 12.8. The Balaban J connectivity index is 1.27. The van der Waals surface area contributed by atoms with E-state index in [0.29, 0.717) is 5.56 Å². The number of benzene rings is 3. The van der Waals surface area contributed by atoms with Crippen molar-refractivity contribution in [1.82, 2.24) is 25.3 Å². The van der Waals surface area contributed by atoms with Crippen LogP contribution in [-0.4, -0.2) is 66.2 Å². The molecular formula is C30H32N6O. The molecule has 1 atom stereocenters. The van der Waals surface area contributed by atoms with Gasteiger partial charge >= 0.3 is 0 Å². The van der Waals surface area contributed by atoms with Crippen LogP contribution in [0.4, 0.5) is 5.69 Å². The van der Waals surface area contributed by atoms with Gasteiger partial charge in [-0.1, -0.05) is 48.5 Å². The maximum Gasteiger partial charge on any atom is 0.255 e. The second kappa shape index (κ2) is 9.84. The lowest BCUT2D eigenvalue weighted by molar-refractivity contribution is 0.0928. The second-order valence-corrected chi connectivity index (χ2v) is 10.1. The molecule has 188 valence electrons. The third-order valence-electron chi connectivity index (χ3n) is 7.55. The predicted octanol–water partition coefficient (Wildman–Crippen LogP) is 4.37. The normalized spacial score (nSPS) is 18.5. The Labute approximate surface area is 217 Å². The Morgan fingerprint density at radius 2 is 1.59 bits per heavy atom. The van der Waals surface area contributed by atoms with E-state index in [2.05, 4.69) is 85.8 Å². The summed E-state index contributed by atoms with van der Waals surface area (Å²) in [6.07, 6.45) is 1.57. The number of rotatable bonds is 5. The molecule has 4 aromatic rings. The molecule has 2 aliphatic rings. The van der Waals surface area contributed by atoms with Gasteiger partial charge in [0.25, 0.3) is 5.91 Å². The SMILES string of the molecule is CN1CCN(Cc2cccc(-c3cccc(-c4n[nH]cc4C4NC(=O)c5ccccc5N4C)c3)c2)CC1. The number of nitrogens with one attached hydrogen (secondary N) is 2. The average Bonchev–Trinajstić information content (AvgIpc) is 3.42. The Hall–Kier alpha value is -3.94. The molecule has 3 heterocycles. The van der Waals surface area contributed by atoms with Crippen LogP contribution in [0.15, 0.2) is 79.0 Å². The van der Waals surface area contributed by atoms with Gasteiger partial charge in [0, 0.05) is 57.1 Å². The molecule has 2 N–H and O–H groups in total. The zero-order valence-corrected chi connectivity index (χ0v) is 21.3. The molecule has 0 aliphatic carbocycles. The van der Waals surface area contributed by atoms with E-state index in [1.807, 2.05) is 37.5 Å². The molecule has 0 saturated carbocycles. The molecule has 0 spiro atoms. The third kappa shape index (κ3) is 4.63. The van der Waals surface area contributed by atoms with Gasteiger partial charge < -0.3 is 15.1 Å². The van der Waals surface area contributed by atoms with E-state index < -0.39 is 0 Å². The van der Waals surface area contributed by atoms with Crippen molar-refractivity contribution >= 4 is 11.6 Å². The highest BCUT2D eigenvalue weighted by Gasteiger charge is 2.31. The van der Waals surface area contributed by atoms with E-state index in [9.17, 15) is 4.79 Å². The molecule has 1 aromatic heterocycles. The lowest BCUT2D eigenvalue weighted by Crippen LogP contribution is -2.44. The van der Waals surface area contributed by atoms with Crippen molar-refractivity contribution in [3.63, 3.8) is 0 Å². The fourth-order valence-corrected chi connectivity index (χ4v) is 5.40. The summed E-state index contributed by atoms with van der Waals surface area (Å²) < 4.78 is 0. The molecule has 1 fully saturated rings. The highest BCUT2D eigenvalue weighted by Crippen LogP contribution is 2.36. The largest absolute Gasteiger partial charge is 0.350 e. The van der Waals surface area contributed by atoms with E-state index in [-0.39, 0.29) is 12.1 Å². The highest BCUT2D eigenvalue weighted by molar-refractivity contribution is 6.02. The summed E-state index contributed by atoms with van der Waals surface area (Å²) >= 11 is 0. The molecule has 7 nitrogen and oxygen atoms in total. The van der Waals surface area contributed by atoms with Crippen LogP contribution in [0.2, 0.25) is 0 Å². The Morgan fingerprint density at radius 1 is 0.865 bits per heavy atom. The second-order valence-electron chi connectivity index (χ2n) is 10.1. The van der Waals surface area contributed by atoms with Crippen LogP contribution >= 0.6 is 0 Å². The number of piperazine rings is 1. The first-order valence-corrected chi connectivity index (χ1v) is 12.8. The zero-order valence-electron chi connectivity index (χ0n) is 21.3. The number of carbonyl (C=O) groups excluding carboxylic acids is 1. The minimum absolute atomic E-state index is 0.0724. The molecule has 1 amide bonds. The van der Waals surface area contributed by atoms with Crippen molar-refractivity contribution in [1.29, 1.82) is 0 Å². The molecule has 0 radical (unpaired) electrons. The van der Waals surface area contributed by atoms with Gasteiger partial charge in [-0.05, 0) is 48.0 Å². The fourth-order valence-electron chi connectivity index (χ4n) is 5.40. The molecule has 2 aliphatic heterocycles. The minimum Gasteiger partial charge on any atom is -0.350 e. The highest BCUT2D eigenvalue weighted by atomic mass is 16.2. The monoisotopic (exact) mass is 492 g/mol. The molecule has 3 aromatic carbocycles. The van der Waals surface area contributed by atoms with Crippen LogP contribution in [0.25, 0.3) is 22.4 Å². The number of hydrogen-bond acceptors (Lipinski definition) is 5. The van der Waals surface area contributed by atoms with Crippen LogP contribution in [0.1, 0.15) is 27.7 Å². The summed E-state index contributed by atoms with van der Waals surface area (Å²) in [7, 11) is 4.19. The van der Waals surface area contributed by atoms with Crippen molar-refractivity contribution in [3.05, 3.63) is 95.7 Å². The molecule has 1 unspecified atom stereocenters. The number of nitrogens with zero attached hydrogens (tertiary/aromatic N) is 4. The van der Waals surface area contributed by atoms with E-state index in [1.54, 1.807) is 0 Å². The number of H-pyrrole nitrogens is 1. The smallest absolute Gasteiger partial charge is 0.255 e. The van der Waals surface area contributed by atoms with Gasteiger partial charge in [0.1, 0.15) is 6.17 Å². The lowest BCUT2D eigenvalue weighted by Gasteiger charge is -2.36. The summed E-state index contributed by atoms with van der Waals surface area (Å²) in [6.45, 7) is 5.43. The van der Waals surface area contributed by atoms with E-state index >= 15 is 0 Å². The van der Waals surface area contributed by atoms with Crippen LogP contribution in [0, 0.1) is 0 Å². The Morgan fingerprint density at radius 3 is 2.43 bits per heavy atom. The number of likely N-dealkylation sites (N-methyl/N-ethyl adjacent to an activating group) is 1. The van der Waals surface area contributed by atoms with Gasteiger partial charge in [-0.15, -0.1) is 0 Å². The summed E-state index contributed by atoms with van der Waals surface area (Å²) in [5.41, 5.74) is 8.07. The molecule has 37 heavy (non-hydrogen) atoms. The van der Waals surface area contributed by atoms with Gasteiger partial charge in [-0.2, -0.15) is 5.10 Å². The quantitative estimate of drug-likeness (QED) is 0.433. The summed E-state index contributed by atoms with van der Waals surface area (Å²) in [6, 6.07) is 25.0. The summed E-state index contributed by atoms with van der Waals surface area (Å²) in [5.74, 6) is -0.0724. The predicted molar refractivity (Wildman–Crippen MR) is 147 cm³/mol. The lowest BCUT2D eigenvalue weighted by atomic mass is 9.97. The first-order valence-electron chi connectivity index (χ1n) is 12.8. The Bertz CT molecular complexity index is 1420. The van der Waals surface area contributed by atoms with Crippen LogP contribution in [0.3, 0.4) is 0 Å². The molecule has 0 bridgehead atoms. The van der Waals surface area contributed by atoms with Crippen molar-refractivity contribution in [2.24, 2.45) is 0 Å². The van der Waals surface area contributed by atoms with Gasteiger partial charge in [-0.3, -0.25) is 14.8 Å². The summed E-state index contributed by atoms with van der Waals surface area (Å²) in [4.78, 5) is 19.8. The Kier molecular flexibility index (Phi) is 6.24. The van der Waals surface area contributed by atoms with Gasteiger partial charge in [-0.25, -0.2) is 0 Å². The van der Waals surface area contributed by atoms with Crippen molar-refractivity contribution in [2.75, 3.05) is 45.2 Å². The van der Waals surface area contributed by atoms with Gasteiger partial charge in [0.15, 0.2) is 0 Å². The number of anilines is 1. The first-order chi connectivity index (χ1) is 18.1. The topological polar surface area (TPSA) is 67.5 Å². The first kappa shape index (κ1) is 23.5. The van der Waals surface area contributed by atoms with Crippen LogP contribution < -0.4 is 10.2 Å². The number of fused-ring (bicyclic) bond motifs is 1. The van der Waals surface area contributed by atoms with Crippen LogP contribution in [-0.2, 0) is 6.54 Å². The van der Waals surface area contributed by atoms with E-state index in [0.717, 1.165) is 60.8 Å². The average molecular weight is 493 g/mol. The van der Waals surface area contributed by atoms with Gasteiger partial charge in [0.2, 0.25) is 0 Å². The number of para-hydroxylation sites is 1. The standard InChI is InChI=1S/C30H32N6O/c1-34-13-15-36(16-14-34)20-21-7-5-8-22(17-21)23-9-6-10-24(18-23)28-26(19-31-33-28)29-32-30(37)25-11-3-4-12-27(25)35(29)2/h3-12,17-19,29H,13-16,20H2,1-2H3,(H,31,33)(H,32,37). The molecule has 7 heteroatoms. The minimum atomic E-state index is -0.313. The number of aromatic nitrogens is 2. The third-order valence-corrected chi connectivity index (χ3v) is 7.55. The van der Waals surface area contributed by atoms with Crippen LogP contribution in [0.5, 0.6) is 0 Å². The maximum absolute atomic E-state index is 12.8. The van der Waals surface area contributed by atoms with Crippen molar-refractivity contribution < 1.29 is 4.79 Å².